The molecule has 4 aromatic rings. The fraction of sp³-hybridized carbons (Fsp3) is 0.233. The summed E-state index contributed by atoms with van der Waals surface area (Å²) in [6.45, 7) is 2.55. The standard InChI is InChI=1S/C30H26ClFN4O3S2/c31-22-3-1-2-4-25(22)41-27-24(37)17-30(35-29(27)38,19-11-16-40-18-19)26-10-9-23(36-12-14-39-15-13-36)28(34-26)33-21-7-5-20(32)6-8-21/h1-11,16,18,27H,12-15,17H2,(H,33,34)(H,35,38). The number of hydrogen-bond acceptors (Lipinski definition) is 8. The molecule has 6 rings (SSSR count). The normalized spacial score (nSPS) is 21.0. The van der Waals surface area contributed by atoms with Gasteiger partial charge >= 0.3 is 0 Å². The number of nitrogens with one attached hydrogen (secondary N) is 2. The van der Waals surface area contributed by atoms with E-state index in [1.807, 2.05) is 35.0 Å². The molecule has 0 radical (unpaired) electrons. The minimum atomic E-state index is -1.16. The van der Waals surface area contributed by atoms with Crippen LogP contribution in [0, 0.1) is 5.82 Å². The van der Waals surface area contributed by atoms with Crippen LogP contribution in [-0.2, 0) is 19.9 Å². The van der Waals surface area contributed by atoms with Crippen LogP contribution in [0.1, 0.15) is 17.7 Å². The third-order valence-electron chi connectivity index (χ3n) is 7.17. The van der Waals surface area contributed by atoms with Crippen molar-refractivity contribution in [3.8, 4) is 0 Å². The molecule has 2 aromatic carbocycles. The van der Waals surface area contributed by atoms with E-state index in [2.05, 4.69) is 15.5 Å². The number of benzene rings is 2. The predicted molar refractivity (Wildman–Crippen MR) is 161 cm³/mol. The molecule has 2 N–H and O–H groups in total. The van der Waals surface area contributed by atoms with Gasteiger partial charge in [-0.2, -0.15) is 11.3 Å². The van der Waals surface area contributed by atoms with Gasteiger partial charge < -0.3 is 20.3 Å². The zero-order valence-corrected chi connectivity index (χ0v) is 24.2. The fourth-order valence-corrected chi connectivity index (χ4v) is 7.07. The number of carbonyl (C=O) groups excluding carboxylic acids is 2. The third-order valence-corrected chi connectivity index (χ3v) is 9.62. The largest absolute Gasteiger partial charge is 0.378 e. The summed E-state index contributed by atoms with van der Waals surface area (Å²) < 4.78 is 19.2. The molecule has 0 spiro atoms. The molecule has 2 unspecified atom stereocenters. The lowest BCUT2D eigenvalue weighted by Gasteiger charge is -2.40. The van der Waals surface area contributed by atoms with Crippen molar-refractivity contribution in [2.75, 3.05) is 36.5 Å². The second kappa shape index (κ2) is 11.8. The number of anilines is 3. The number of halogens is 2. The number of aromatic nitrogens is 1. The van der Waals surface area contributed by atoms with Crippen LogP contribution in [0.15, 0.2) is 82.4 Å². The predicted octanol–water partition coefficient (Wildman–Crippen LogP) is 6.01. The van der Waals surface area contributed by atoms with Crippen molar-refractivity contribution in [2.24, 2.45) is 0 Å². The Kier molecular flexibility index (Phi) is 7.99. The molecule has 0 bridgehead atoms. The highest BCUT2D eigenvalue weighted by Gasteiger charge is 2.48. The minimum absolute atomic E-state index is 0.0253. The van der Waals surface area contributed by atoms with Crippen LogP contribution in [0.3, 0.4) is 0 Å². The Morgan fingerprint density at radius 1 is 1.07 bits per heavy atom. The van der Waals surface area contributed by atoms with E-state index in [1.165, 1.54) is 23.5 Å². The first-order chi connectivity index (χ1) is 19.9. The first kappa shape index (κ1) is 27.7. The Labute approximate surface area is 250 Å². The highest BCUT2D eigenvalue weighted by atomic mass is 35.5. The molecule has 0 aliphatic carbocycles. The number of ether oxygens (including phenoxy) is 1. The van der Waals surface area contributed by atoms with E-state index in [-0.39, 0.29) is 18.0 Å². The summed E-state index contributed by atoms with van der Waals surface area (Å²) in [4.78, 5) is 35.2. The molecule has 2 aliphatic heterocycles. The van der Waals surface area contributed by atoms with Gasteiger partial charge in [0.1, 0.15) is 16.6 Å². The number of thiophene rings is 1. The average Bonchev–Trinajstić information content (AvgIpc) is 3.53. The summed E-state index contributed by atoms with van der Waals surface area (Å²) in [7, 11) is 0. The van der Waals surface area contributed by atoms with Crippen LogP contribution in [0.5, 0.6) is 0 Å². The molecule has 4 heterocycles. The van der Waals surface area contributed by atoms with Gasteiger partial charge in [-0.1, -0.05) is 23.7 Å². The number of thioether (sulfide) groups is 1. The number of piperidine rings is 1. The molecule has 2 saturated heterocycles. The Morgan fingerprint density at radius 2 is 1.85 bits per heavy atom. The Hall–Kier alpha value is -3.44. The quantitative estimate of drug-likeness (QED) is 0.249. The number of carbonyl (C=O) groups is 2. The van der Waals surface area contributed by atoms with Crippen LogP contribution in [0.4, 0.5) is 21.6 Å². The highest BCUT2D eigenvalue weighted by Crippen LogP contribution is 2.42. The summed E-state index contributed by atoms with van der Waals surface area (Å²) >= 11 is 8.97. The molecule has 2 aromatic heterocycles. The maximum absolute atomic E-state index is 13.7. The van der Waals surface area contributed by atoms with Gasteiger partial charge in [0.25, 0.3) is 0 Å². The van der Waals surface area contributed by atoms with Crippen LogP contribution < -0.4 is 15.5 Å². The van der Waals surface area contributed by atoms with Crippen molar-refractivity contribution in [3.63, 3.8) is 0 Å². The van der Waals surface area contributed by atoms with Crippen LogP contribution in [-0.4, -0.2) is 48.2 Å². The first-order valence-electron chi connectivity index (χ1n) is 13.1. The molecule has 1 amide bonds. The second-order valence-electron chi connectivity index (χ2n) is 9.77. The van der Waals surface area contributed by atoms with Gasteiger partial charge in [0.05, 0.1) is 29.6 Å². The lowest BCUT2D eigenvalue weighted by atomic mass is 9.79. The number of amides is 1. The molecular formula is C30H26ClFN4O3S2. The van der Waals surface area contributed by atoms with Gasteiger partial charge in [-0.3, -0.25) is 9.59 Å². The SMILES string of the molecule is O=C1CC(c2ccsc2)(c2ccc(N3CCOCC3)c(Nc3ccc(F)cc3)n2)NC(=O)C1Sc1ccccc1Cl. The highest BCUT2D eigenvalue weighted by molar-refractivity contribution is 8.01. The molecule has 210 valence electrons. The fourth-order valence-electron chi connectivity index (χ4n) is 5.10. The lowest BCUT2D eigenvalue weighted by Crippen LogP contribution is -2.58. The Bertz CT molecular complexity index is 1540. The second-order valence-corrected chi connectivity index (χ2v) is 12.1. The van der Waals surface area contributed by atoms with Crippen molar-refractivity contribution >= 4 is 63.6 Å². The maximum Gasteiger partial charge on any atom is 0.242 e. The minimum Gasteiger partial charge on any atom is -0.378 e. The van der Waals surface area contributed by atoms with Crippen LogP contribution >= 0.6 is 34.7 Å². The number of morpholine rings is 1. The monoisotopic (exact) mass is 608 g/mol. The maximum atomic E-state index is 13.7. The van der Waals surface area contributed by atoms with Crippen molar-refractivity contribution in [1.29, 1.82) is 0 Å². The number of rotatable bonds is 7. The molecule has 41 heavy (non-hydrogen) atoms. The van der Waals surface area contributed by atoms with Crippen molar-refractivity contribution in [3.05, 3.63) is 99.6 Å². The van der Waals surface area contributed by atoms with Crippen molar-refractivity contribution in [1.82, 2.24) is 10.3 Å². The van der Waals surface area contributed by atoms with Crippen LogP contribution in [0.25, 0.3) is 0 Å². The van der Waals surface area contributed by atoms with Gasteiger partial charge in [-0.15, -0.1) is 11.8 Å². The lowest BCUT2D eigenvalue weighted by molar-refractivity contribution is -0.133. The number of ketones is 1. The summed E-state index contributed by atoms with van der Waals surface area (Å²) in [6, 6.07) is 18.9. The van der Waals surface area contributed by atoms with E-state index in [0.717, 1.165) is 23.0 Å². The topological polar surface area (TPSA) is 83.6 Å². The van der Waals surface area contributed by atoms with Crippen molar-refractivity contribution in [2.45, 2.75) is 22.1 Å². The summed E-state index contributed by atoms with van der Waals surface area (Å²) in [6.07, 6.45) is 0.0253. The average molecular weight is 609 g/mol. The van der Waals surface area contributed by atoms with E-state index in [4.69, 9.17) is 21.3 Å². The molecule has 2 atom stereocenters. The first-order valence-corrected chi connectivity index (χ1v) is 15.3. The van der Waals surface area contributed by atoms with Gasteiger partial charge in [-0.05, 0) is 70.9 Å². The molecule has 11 heteroatoms. The number of hydrogen-bond donors (Lipinski definition) is 2. The van der Waals surface area contributed by atoms with E-state index in [1.54, 1.807) is 30.3 Å². The molecule has 7 nitrogen and oxygen atoms in total. The van der Waals surface area contributed by atoms with Crippen LogP contribution in [0.2, 0.25) is 5.02 Å². The van der Waals surface area contributed by atoms with E-state index < -0.39 is 16.7 Å². The van der Waals surface area contributed by atoms with E-state index in [0.29, 0.717) is 53.4 Å². The van der Waals surface area contributed by atoms with Gasteiger partial charge in [0, 0.05) is 30.1 Å². The molecule has 2 aliphatic rings. The van der Waals surface area contributed by atoms with Gasteiger partial charge in [0.2, 0.25) is 5.91 Å². The van der Waals surface area contributed by atoms with Gasteiger partial charge in [-0.25, -0.2) is 9.37 Å². The summed E-state index contributed by atoms with van der Waals surface area (Å²) in [5.74, 6) is -0.406. The Balaban J connectivity index is 1.39. The van der Waals surface area contributed by atoms with Gasteiger partial charge in [0.15, 0.2) is 11.6 Å². The summed E-state index contributed by atoms with van der Waals surface area (Å²) in [5, 5.41) is 9.91. The zero-order valence-electron chi connectivity index (χ0n) is 21.8. The Morgan fingerprint density at radius 3 is 2.56 bits per heavy atom. The molecular weight excluding hydrogens is 583 g/mol. The third kappa shape index (κ3) is 5.70. The number of pyridine rings is 1. The van der Waals surface area contributed by atoms with Crippen molar-refractivity contribution < 1.29 is 18.7 Å². The zero-order chi connectivity index (χ0) is 28.4. The number of Topliss-reactive ketones (excluding diaryl/α,β-unsaturated/α-hetero) is 1. The number of nitrogens with zero attached hydrogens (tertiary/aromatic N) is 2. The van der Waals surface area contributed by atoms with E-state index >= 15 is 0 Å². The molecule has 0 saturated carbocycles. The smallest absolute Gasteiger partial charge is 0.242 e. The van der Waals surface area contributed by atoms with E-state index in [9.17, 15) is 14.0 Å². The molecule has 2 fully saturated rings. The summed E-state index contributed by atoms with van der Waals surface area (Å²) in [5.41, 5.74) is 1.66.